The van der Waals surface area contributed by atoms with Gasteiger partial charge in [0.15, 0.2) is 0 Å². The number of hydrazine groups is 1. The van der Waals surface area contributed by atoms with Crippen LogP contribution in [0.3, 0.4) is 0 Å². The average molecular weight is 296 g/mol. The molecule has 0 spiro atoms. The molecule has 1 aromatic rings. The molecule has 1 heterocycles. The third-order valence-corrected chi connectivity index (χ3v) is 3.53. The number of hydrogen-bond acceptors (Lipinski definition) is 5. The number of nitrogens with zero attached hydrogens (tertiary/aromatic N) is 2. The van der Waals surface area contributed by atoms with Crippen molar-refractivity contribution >= 4 is 11.5 Å². The van der Waals surface area contributed by atoms with Gasteiger partial charge in [-0.05, 0) is 24.4 Å². The molecule has 110 valence electrons. The zero-order valence-corrected chi connectivity index (χ0v) is 12.0. The SMILES string of the molecule is CC(C)(C)c1nnsc1C(CCCC(F)(F)F)NN. The van der Waals surface area contributed by atoms with E-state index >= 15 is 0 Å². The standard InChI is InChI=1S/C11H19F3N4S/c1-10(2,3)9-8(19-18-17-9)7(16-15)5-4-6-11(12,13)14/h7,16H,4-6,15H2,1-3H3. The summed E-state index contributed by atoms with van der Waals surface area (Å²) in [7, 11) is 0. The van der Waals surface area contributed by atoms with E-state index in [4.69, 9.17) is 5.84 Å². The first-order valence-electron chi connectivity index (χ1n) is 6.01. The van der Waals surface area contributed by atoms with Crippen LogP contribution in [0.25, 0.3) is 0 Å². The van der Waals surface area contributed by atoms with Crippen molar-refractivity contribution in [1.82, 2.24) is 15.0 Å². The second-order valence-electron chi connectivity index (χ2n) is 5.46. The van der Waals surface area contributed by atoms with Crippen LogP contribution in [0.15, 0.2) is 0 Å². The lowest BCUT2D eigenvalue weighted by Gasteiger charge is -2.21. The summed E-state index contributed by atoms with van der Waals surface area (Å²) in [6.45, 7) is 5.95. The molecule has 3 N–H and O–H groups in total. The predicted molar refractivity (Wildman–Crippen MR) is 68.6 cm³/mol. The molecule has 0 aliphatic carbocycles. The van der Waals surface area contributed by atoms with Crippen molar-refractivity contribution in [3.8, 4) is 0 Å². The lowest BCUT2D eigenvalue weighted by atomic mass is 9.89. The molecule has 0 amide bonds. The number of nitrogens with one attached hydrogen (secondary N) is 1. The van der Waals surface area contributed by atoms with Crippen LogP contribution in [0.2, 0.25) is 0 Å². The van der Waals surface area contributed by atoms with E-state index in [1.54, 1.807) is 0 Å². The zero-order chi connectivity index (χ0) is 14.7. The fourth-order valence-corrected chi connectivity index (χ4v) is 2.70. The van der Waals surface area contributed by atoms with Crippen molar-refractivity contribution in [2.75, 3.05) is 0 Å². The molecular weight excluding hydrogens is 277 g/mol. The van der Waals surface area contributed by atoms with Gasteiger partial charge in [-0.2, -0.15) is 13.2 Å². The van der Waals surface area contributed by atoms with Gasteiger partial charge < -0.3 is 0 Å². The summed E-state index contributed by atoms with van der Waals surface area (Å²) in [4.78, 5) is 0.817. The summed E-state index contributed by atoms with van der Waals surface area (Å²) in [5, 5.41) is 4.06. The average Bonchev–Trinajstić information content (AvgIpc) is 2.71. The number of rotatable bonds is 5. The molecule has 0 saturated carbocycles. The second-order valence-corrected chi connectivity index (χ2v) is 6.25. The Balaban J connectivity index is 2.73. The minimum atomic E-state index is -4.13. The van der Waals surface area contributed by atoms with Crippen molar-refractivity contribution in [3.05, 3.63) is 10.6 Å². The first-order valence-corrected chi connectivity index (χ1v) is 6.78. The highest BCUT2D eigenvalue weighted by Gasteiger charge is 2.29. The van der Waals surface area contributed by atoms with Crippen molar-refractivity contribution in [2.24, 2.45) is 5.84 Å². The molecule has 0 aliphatic rings. The highest BCUT2D eigenvalue weighted by molar-refractivity contribution is 7.05. The molecule has 0 aliphatic heterocycles. The molecule has 19 heavy (non-hydrogen) atoms. The van der Waals surface area contributed by atoms with E-state index in [2.05, 4.69) is 15.0 Å². The van der Waals surface area contributed by atoms with E-state index in [-0.39, 0.29) is 17.9 Å². The Bertz CT molecular complexity index is 397. The summed E-state index contributed by atoms with van der Waals surface area (Å²) in [6.07, 6.45) is -4.59. The van der Waals surface area contributed by atoms with Gasteiger partial charge in [-0.15, -0.1) is 5.10 Å². The zero-order valence-electron chi connectivity index (χ0n) is 11.2. The van der Waals surface area contributed by atoms with Crippen molar-refractivity contribution in [3.63, 3.8) is 0 Å². The smallest absolute Gasteiger partial charge is 0.271 e. The van der Waals surface area contributed by atoms with E-state index < -0.39 is 12.6 Å². The number of halogens is 3. The predicted octanol–water partition coefficient (Wildman–Crippen LogP) is 3.07. The van der Waals surface area contributed by atoms with Gasteiger partial charge in [0.2, 0.25) is 0 Å². The quantitative estimate of drug-likeness (QED) is 0.647. The highest BCUT2D eigenvalue weighted by atomic mass is 32.1. The lowest BCUT2D eigenvalue weighted by molar-refractivity contribution is -0.135. The molecule has 1 aromatic heterocycles. The molecule has 4 nitrogen and oxygen atoms in total. The maximum absolute atomic E-state index is 12.1. The van der Waals surface area contributed by atoms with Crippen LogP contribution < -0.4 is 11.3 Å². The first kappa shape index (κ1) is 16.3. The van der Waals surface area contributed by atoms with Crippen LogP contribution >= 0.6 is 11.5 Å². The van der Waals surface area contributed by atoms with Crippen molar-refractivity contribution in [2.45, 2.75) is 57.7 Å². The van der Waals surface area contributed by atoms with Gasteiger partial charge in [-0.25, -0.2) is 0 Å². The number of aromatic nitrogens is 2. The Kier molecular flexibility index (Phi) is 5.28. The van der Waals surface area contributed by atoms with Gasteiger partial charge in [0, 0.05) is 11.8 Å². The van der Waals surface area contributed by atoms with Crippen LogP contribution in [0.4, 0.5) is 13.2 Å². The monoisotopic (exact) mass is 296 g/mol. The van der Waals surface area contributed by atoms with Crippen LogP contribution in [0, 0.1) is 0 Å². The van der Waals surface area contributed by atoms with Gasteiger partial charge in [0.25, 0.3) is 0 Å². The molecule has 0 saturated heterocycles. The van der Waals surface area contributed by atoms with Gasteiger partial charge >= 0.3 is 6.18 Å². The molecule has 0 aromatic carbocycles. The third-order valence-electron chi connectivity index (χ3n) is 2.69. The summed E-state index contributed by atoms with van der Waals surface area (Å²) in [5.41, 5.74) is 3.14. The fourth-order valence-electron chi connectivity index (χ4n) is 1.74. The third kappa shape index (κ3) is 5.04. The normalized spacial score (nSPS) is 14.7. The Hall–Kier alpha value is -0.730. The molecule has 1 rings (SSSR count). The Morgan fingerprint density at radius 1 is 1.32 bits per heavy atom. The molecule has 0 fully saturated rings. The Morgan fingerprint density at radius 3 is 2.42 bits per heavy atom. The Morgan fingerprint density at radius 2 is 1.95 bits per heavy atom. The number of hydrogen-bond donors (Lipinski definition) is 2. The molecule has 0 radical (unpaired) electrons. The first-order chi connectivity index (χ1) is 8.65. The van der Waals surface area contributed by atoms with Gasteiger partial charge in [-0.3, -0.25) is 11.3 Å². The largest absolute Gasteiger partial charge is 0.389 e. The minimum Gasteiger partial charge on any atom is -0.271 e. The van der Waals surface area contributed by atoms with E-state index in [0.717, 1.165) is 10.6 Å². The van der Waals surface area contributed by atoms with E-state index in [9.17, 15) is 13.2 Å². The molecular formula is C11H19F3N4S. The summed E-state index contributed by atoms with van der Waals surface area (Å²) >= 11 is 1.18. The van der Waals surface area contributed by atoms with Crippen molar-refractivity contribution in [1.29, 1.82) is 0 Å². The van der Waals surface area contributed by atoms with Crippen LogP contribution in [0.5, 0.6) is 0 Å². The van der Waals surface area contributed by atoms with Crippen molar-refractivity contribution < 1.29 is 13.2 Å². The van der Waals surface area contributed by atoms with Gasteiger partial charge in [-0.1, -0.05) is 25.3 Å². The summed E-state index contributed by atoms with van der Waals surface area (Å²) in [6, 6.07) is -0.337. The highest BCUT2D eigenvalue weighted by Crippen LogP contribution is 2.33. The van der Waals surface area contributed by atoms with Crippen LogP contribution in [-0.4, -0.2) is 15.8 Å². The molecule has 8 heteroatoms. The molecule has 1 atom stereocenters. The fraction of sp³-hybridized carbons (Fsp3) is 0.818. The topological polar surface area (TPSA) is 63.8 Å². The van der Waals surface area contributed by atoms with E-state index in [0.29, 0.717) is 6.42 Å². The summed E-state index contributed by atoms with van der Waals surface area (Å²) in [5.74, 6) is 5.45. The Labute approximate surface area is 114 Å². The maximum atomic E-state index is 12.1. The minimum absolute atomic E-state index is 0.0276. The molecule has 0 bridgehead atoms. The summed E-state index contributed by atoms with van der Waals surface area (Å²) < 4.78 is 40.3. The van der Waals surface area contributed by atoms with E-state index in [1.807, 2.05) is 20.8 Å². The second kappa shape index (κ2) is 6.15. The number of alkyl halides is 3. The van der Waals surface area contributed by atoms with Crippen LogP contribution in [0.1, 0.15) is 56.6 Å². The van der Waals surface area contributed by atoms with Gasteiger partial charge in [0.1, 0.15) is 0 Å². The van der Waals surface area contributed by atoms with Gasteiger partial charge in [0.05, 0.1) is 16.6 Å². The molecule has 1 unspecified atom stereocenters. The number of nitrogens with two attached hydrogens (primary N) is 1. The lowest BCUT2D eigenvalue weighted by Crippen LogP contribution is -2.30. The maximum Gasteiger partial charge on any atom is 0.389 e. The van der Waals surface area contributed by atoms with Crippen LogP contribution in [-0.2, 0) is 5.41 Å². The van der Waals surface area contributed by atoms with E-state index in [1.165, 1.54) is 11.5 Å².